The number of carbonyl (C=O) groups excluding carboxylic acids is 1. The van der Waals surface area contributed by atoms with Crippen molar-refractivity contribution in [2.24, 2.45) is 0 Å². The molecule has 0 aromatic heterocycles. The SMILES string of the molecule is Cc1nc2nccc-2c(-c2ccc(C(=O)NC3CCN(C#N)C3)c(F)c2)[nH]1. The molecule has 1 aromatic carbocycles. The van der Waals surface area contributed by atoms with E-state index in [4.69, 9.17) is 5.26 Å². The molecule has 1 unspecified atom stereocenters. The summed E-state index contributed by atoms with van der Waals surface area (Å²) in [5.41, 5.74) is 2.10. The van der Waals surface area contributed by atoms with E-state index in [0.29, 0.717) is 42.4 Å². The third kappa shape index (κ3) is 3.19. The number of fused-ring (bicyclic) bond motifs is 1. The smallest absolute Gasteiger partial charge is 0.254 e. The van der Waals surface area contributed by atoms with Crippen LogP contribution in [0.3, 0.4) is 0 Å². The van der Waals surface area contributed by atoms with E-state index < -0.39 is 11.7 Å². The summed E-state index contributed by atoms with van der Waals surface area (Å²) in [6.45, 7) is 2.86. The van der Waals surface area contributed by atoms with Gasteiger partial charge in [-0.05, 0) is 31.5 Å². The minimum atomic E-state index is -0.601. The number of aryl methyl sites for hydroxylation is 1. The van der Waals surface area contributed by atoms with Crippen molar-refractivity contribution in [1.29, 1.82) is 5.26 Å². The summed E-state index contributed by atoms with van der Waals surface area (Å²) < 4.78 is 14.7. The fourth-order valence-corrected chi connectivity index (χ4v) is 3.36. The standard InChI is InChI=1S/C19H17FN6O/c1-11-23-17(15-4-6-22-18(15)24-11)12-2-3-14(16(20)8-12)19(27)25-13-5-7-26(9-13)10-21/h2-4,6,8,13H,5,7,9H2,1H3,(H,25,27)(H,22,23,24). The Bertz CT molecular complexity index is 1020. The zero-order valence-corrected chi connectivity index (χ0v) is 14.7. The highest BCUT2D eigenvalue weighted by Crippen LogP contribution is 2.31. The number of benzene rings is 1. The number of hydrogen-bond acceptors (Lipinski definition) is 5. The van der Waals surface area contributed by atoms with Crippen LogP contribution in [0.1, 0.15) is 22.6 Å². The largest absolute Gasteiger partial charge is 0.347 e. The molecule has 1 saturated heterocycles. The van der Waals surface area contributed by atoms with Crippen molar-refractivity contribution in [1.82, 2.24) is 25.2 Å². The van der Waals surface area contributed by atoms with Crippen LogP contribution in [0.15, 0.2) is 30.5 Å². The quantitative estimate of drug-likeness (QED) is 0.695. The van der Waals surface area contributed by atoms with Crippen molar-refractivity contribution in [3.63, 3.8) is 0 Å². The summed E-state index contributed by atoms with van der Waals surface area (Å²) in [6.07, 6.45) is 4.38. The van der Waals surface area contributed by atoms with Crippen LogP contribution < -0.4 is 5.32 Å². The van der Waals surface area contributed by atoms with E-state index in [0.717, 1.165) is 5.56 Å². The van der Waals surface area contributed by atoms with Gasteiger partial charge in [0.15, 0.2) is 12.0 Å². The van der Waals surface area contributed by atoms with Gasteiger partial charge in [0.05, 0.1) is 11.3 Å². The second-order valence-corrected chi connectivity index (χ2v) is 6.58. The number of nitrogens with one attached hydrogen (secondary N) is 2. The van der Waals surface area contributed by atoms with Gasteiger partial charge in [-0.15, -0.1) is 0 Å². The maximum absolute atomic E-state index is 14.7. The highest BCUT2D eigenvalue weighted by atomic mass is 19.1. The molecular weight excluding hydrogens is 347 g/mol. The molecule has 0 radical (unpaired) electrons. The minimum Gasteiger partial charge on any atom is -0.347 e. The Kier molecular flexibility index (Phi) is 4.20. The first-order chi connectivity index (χ1) is 13.0. The maximum atomic E-state index is 14.7. The number of nitrogens with zero attached hydrogens (tertiary/aromatic N) is 4. The third-order valence-electron chi connectivity index (χ3n) is 4.70. The zero-order valence-electron chi connectivity index (χ0n) is 14.7. The molecule has 0 spiro atoms. The lowest BCUT2D eigenvalue weighted by Crippen LogP contribution is -2.36. The third-order valence-corrected chi connectivity index (χ3v) is 4.70. The van der Waals surface area contributed by atoms with Crippen LogP contribution in [0.4, 0.5) is 4.39 Å². The normalized spacial score (nSPS) is 16.5. The molecule has 1 aromatic rings. The molecule has 1 fully saturated rings. The number of rotatable bonds is 3. The van der Waals surface area contributed by atoms with Crippen molar-refractivity contribution in [2.45, 2.75) is 19.4 Å². The van der Waals surface area contributed by atoms with E-state index in [1.54, 1.807) is 17.2 Å². The summed E-state index contributed by atoms with van der Waals surface area (Å²) in [4.78, 5) is 25.6. The van der Waals surface area contributed by atoms with Gasteiger partial charge in [0.25, 0.3) is 5.91 Å². The molecule has 27 heavy (non-hydrogen) atoms. The first-order valence-corrected chi connectivity index (χ1v) is 8.62. The molecule has 3 aliphatic rings. The Hall–Kier alpha value is -3.47. The lowest BCUT2D eigenvalue weighted by Gasteiger charge is -2.14. The molecule has 0 aliphatic carbocycles. The number of amides is 1. The van der Waals surface area contributed by atoms with Crippen molar-refractivity contribution >= 4 is 5.91 Å². The van der Waals surface area contributed by atoms with Crippen molar-refractivity contribution in [3.8, 4) is 28.8 Å². The number of carbonyl (C=O) groups is 1. The Morgan fingerprint density at radius 1 is 1.44 bits per heavy atom. The van der Waals surface area contributed by atoms with Gasteiger partial charge < -0.3 is 15.2 Å². The lowest BCUT2D eigenvalue weighted by atomic mass is 10.0. The van der Waals surface area contributed by atoms with Gasteiger partial charge >= 0.3 is 0 Å². The topological polar surface area (TPSA) is 97.7 Å². The van der Waals surface area contributed by atoms with Crippen LogP contribution in [-0.4, -0.2) is 44.9 Å². The van der Waals surface area contributed by atoms with E-state index in [-0.39, 0.29) is 11.6 Å². The molecular formula is C19H17FN6O. The zero-order chi connectivity index (χ0) is 19.0. The van der Waals surface area contributed by atoms with Gasteiger partial charge in [0.2, 0.25) is 0 Å². The number of aromatic nitrogens is 3. The summed E-state index contributed by atoms with van der Waals surface area (Å²) in [6, 6.07) is 6.17. The molecule has 2 N–H and O–H groups in total. The Labute approximate surface area is 155 Å². The van der Waals surface area contributed by atoms with Gasteiger partial charge in [0.1, 0.15) is 11.6 Å². The van der Waals surface area contributed by atoms with Gasteiger partial charge in [-0.1, -0.05) is 6.07 Å². The lowest BCUT2D eigenvalue weighted by molar-refractivity contribution is 0.0935. The molecule has 1 atom stereocenters. The number of aromatic amines is 1. The highest BCUT2D eigenvalue weighted by Gasteiger charge is 2.25. The van der Waals surface area contributed by atoms with Gasteiger partial charge in [-0.2, -0.15) is 5.26 Å². The maximum Gasteiger partial charge on any atom is 0.254 e. The number of hydrogen-bond donors (Lipinski definition) is 2. The van der Waals surface area contributed by atoms with E-state index in [9.17, 15) is 9.18 Å². The molecule has 0 saturated carbocycles. The Balaban J connectivity index is 1.59. The van der Waals surface area contributed by atoms with E-state index >= 15 is 0 Å². The van der Waals surface area contributed by atoms with E-state index in [1.165, 1.54) is 12.1 Å². The molecule has 1 amide bonds. The molecule has 7 nitrogen and oxygen atoms in total. The van der Waals surface area contributed by atoms with Crippen molar-refractivity contribution in [3.05, 3.63) is 47.7 Å². The Morgan fingerprint density at radius 3 is 3.04 bits per heavy atom. The number of likely N-dealkylation sites (tertiary alicyclic amines) is 1. The average Bonchev–Trinajstić information content (AvgIpc) is 3.29. The Morgan fingerprint density at radius 2 is 2.30 bits per heavy atom. The fourth-order valence-electron chi connectivity index (χ4n) is 3.36. The summed E-state index contributed by atoms with van der Waals surface area (Å²) in [5, 5.41) is 11.7. The average molecular weight is 364 g/mol. The molecule has 136 valence electrons. The first kappa shape index (κ1) is 17.0. The van der Waals surface area contributed by atoms with Crippen molar-refractivity contribution < 1.29 is 9.18 Å². The monoisotopic (exact) mass is 364 g/mol. The van der Waals surface area contributed by atoms with Crippen LogP contribution in [0, 0.1) is 24.2 Å². The first-order valence-electron chi connectivity index (χ1n) is 8.62. The second kappa shape index (κ2) is 6.68. The molecule has 3 heterocycles. The van der Waals surface area contributed by atoms with Crippen LogP contribution in [0.2, 0.25) is 0 Å². The molecule has 8 heteroatoms. The van der Waals surface area contributed by atoms with E-state index in [1.807, 2.05) is 13.0 Å². The predicted molar refractivity (Wildman–Crippen MR) is 96.2 cm³/mol. The van der Waals surface area contributed by atoms with Gasteiger partial charge in [0, 0.05) is 36.5 Å². The predicted octanol–water partition coefficient (Wildman–Crippen LogP) is 2.31. The van der Waals surface area contributed by atoms with Crippen LogP contribution in [0.5, 0.6) is 0 Å². The second-order valence-electron chi connectivity index (χ2n) is 6.58. The molecule has 0 bridgehead atoms. The fraction of sp³-hybridized carbons (Fsp3) is 0.263. The molecule has 3 aliphatic heterocycles. The summed E-state index contributed by atoms with van der Waals surface area (Å²) in [7, 11) is 0. The van der Waals surface area contributed by atoms with Crippen LogP contribution >= 0.6 is 0 Å². The number of nitriles is 1. The summed E-state index contributed by atoms with van der Waals surface area (Å²) in [5.74, 6) is 0.183. The van der Waals surface area contributed by atoms with Crippen molar-refractivity contribution in [2.75, 3.05) is 13.1 Å². The number of H-pyrrole nitrogens is 1. The van der Waals surface area contributed by atoms with Gasteiger partial charge in [-0.25, -0.2) is 14.4 Å². The molecule has 4 rings (SSSR count). The minimum absolute atomic E-state index is 0.0168. The summed E-state index contributed by atoms with van der Waals surface area (Å²) >= 11 is 0. The highest BCUT2D eigenvalue weighted by molar-refractivity contribution is 5.95. The van der Waals surface area contributed by atoms with Crippen LogP contribution in [0.25, 0.3) is 22.6 Å². The van der Waals surface area contributed by atoms with Crippen LogP contribution in [-0.2, 0) is 0 Å². The number of halogens is 1. The van der Waals surface area contributed by atoms with Gasteiger partial charge in [-0.3, -0.25) is 4.79 Å². The van der Waals surface area contributed by atoms with E-state index in [2.05, 4.69) is 26.5 Å².